The Morgan fingerprint density at radius 2 is 1.95 bits per heavy atom. The van der Waals surface area contributed by atoms with Gasteiger partial charge >= 0.3 is 0 Å². The molecular formula is C14H23NO4S2. The number of rotatable bonds is 9. The first-order chi connectivity index (χ1) is 9.93. The highest BCUT2D eigenvalue weighted by Crippen LogP contribution is 2.21. The van der Waals surface area contributed by atoms with Gasteiger partial charge in [-0.1, -0.05) is 0 Å². The minimum absolute atomic E-state index is 0.0484. The van der Waals surface area contributed by atoms with Crippen LogP contribution in [-0.2, 0) is 10.0 Å². The first-order valence-corrected chi connectivity index (χ1v) is 9.57. The Balaban J connectivity index is 2.81. The van der Waals surface area contributed by atoms with Crippen molar-refractivity contribution in [1.82, 2.24) is 4.31 Å². The Labute approximate surface area is 131 Å². The van der Waals surface area contributed by atoms with Crippen molar-refractivity contribution in [2.24, 2.45) is 0 Å². The lowest BCUT2D eigenvalue weighted by atomic mass is 10.3. The van der Waals surface area contributed by atoms with Gasteiger partial charge in [-0.05, 0) is 49.6 Å². The van der Waals surface area contributed by atoms with Crippen LogP contribution < -0.4 is 4.74 Å². The molecule has 0 saturated carbocycles. The molecule has 1 unspecified atom stereocenters. The number of thioether (sulfide) groups is 1. The second kappa shape index (κ2) is 8.63. The summed E-state index contributed by atoms with van der Waals surface area (Å²) in [6.45, 7) is 2.03. The summed E-state index contributed by atoms with van der Waals surface area (Å²) in [7, 11) is -1.88. The summed E-state index contributed by atoms with van der Waals surface area (Å²) >= 11 is 1.70. The molecule has 1 aromatic rings. The van der Waals surface area contributed by atoms with E-state index in [-0.39, 0.29) is 24.2 Å². The van der Waals surface area contributed by atoms with Crippen LogP contribution in [0.1, 0.15) is 13.3 Å². The quantitative estimate of drug-likeness (QED) is 0.747. The zero-order valence-electron chi connectivity index (χ0n) is 12.7. The summed E-state index contributed by atoms with van der Waals surface area (Å²) in [4.78, 5) is 0.248. The number of benzene rings is 1. The van der Waals surface area contributed by atoms with Crippen molar-refractivity contribution in [3.8, 4) is 5.75 Å². The predicted octanol–water partition coefficient (Wildman–Crippen LogP) is 1.82. The Bertz CT molecular complexity index is 516. The average Bonchev–Trinajstić information content (AvgIpc) is 2.50. The highest BCUT2D eigenvalue weighted by molar-refractivity contribution is 7.98. The van der Waals surface area contributed by atoms with Gasteiger partial charge in [0.1, 0.15) is 12.4 Å². The number of sulfonamides is 1. The number of ether oxygens (including phenoxy) is 1. The zero-order valence-corrected chi connectivity index (χ0v) is 14.3. The lowest BCUT2D eigenvalue weighted by molar-refractivity contribution is 0.201. The van der Waals surface area contributed by atoms with Crippen molar-refractivity contribution in [2.75, 3.05) is 32.3 Å². The summed E-state index contributed by atoms with van der Waals surface area (Å²) < 4.78 is 31.6. The van der Waals surface area contributed by atoms with Crippen molar-refractivity contribution in [3.05, 3.63) is 24.3 Å². The average molecular weight is 333 g/mol. The Hall–Kier alpha value is -0.760. The predicted molar refractivity (Wildman–Crippen MR) is 86.4 cm³/mol. The van der Waals surface area contributed by atoms with Crippen LogP contribution in [0, 0.1) is 0 Å². The standard InChI is InChI=1S/C14H23NO4S2/c1-12(8-11-20-3)15(2)21(17,18)14-6-4-13(5-7-14)19-10-9-16/h4-7,12,16H,8-11H2,1-3H3. The molecule has 0 aromatic heterocycles. The van der Waals surface area contributed by atoms with Crippen LogP contribution in [-0.4, -0.2) is 56.1 Å². The zero-order chi connectivity index (χ0) is 15.9. The highest BCUT2D eigenvalue weighted by atomic mass is 32.2. The van der Waals surface area contributed by atoms with Gasteiger partial charge < -0.3 is 9.84 Å². The van der Waals surface area contributed by atoms with Gasteiger partial charge in [-0.15, -0.1) is 0 Å². The summed E-state index contributed by atoms with van der Waals surface area (Å²) in [5.74, 6) is 1.47. The summed E-state index contributed by atoms with van der Waals surface area (Å²) in [6.07, 6.45) is 2.82. The first-order valence-electron chi connectivity index (χ1n) is 6.74. The van der Waals surface area contributed by atoms with Crippen molar-refractivity contribution in [3.63, 3.8) is 0 Å². The van der Waals surface area contributed by atoms with Gasteiger partial charge in [0, 0.05) is 13.1 Å². The van der Waals surface area contributed by atoms with E-state index < -0.39 is 10.0 Å². The molecule has 0 fully saturated rings. The van der Waals surface area contributed by atoms with E-state index >= 15 is 0 Å². The van der Waals surface area contributed by atoms with Crippen LogP contribution in [0.3, 0.4) is 0 Å². The Morgan fingerprint density at radius 3 is 2.48 bits per heavy atom. The van der Waals surface area contributed by atoms with Crippen LogP contribution in [0.25, 0.3) is 0 Å². The van der Waals surface area contributed by atoms with E-state index in [1.165, 1.54) is 16.4 Å². The van der Waals surface area contributed by atoms with Crippen LogP contribution in [0.5, 0.6) is 5.75 Å². The van der Waals surface area contributed by atoms with Crippen molar-refractivity contribution in [1.29, 1.82) is 0 Å². The van der Waals surface area contributed by atoms with E-state index in [1.807, 2.05) is 13.2 Å². The van der Waals surface area contributed by atoms with E-state index in [1.54, 1.807) is 30.9 Å². The molecule has 0 bridgehead atoms. The minimum Gasteiger partial charge on any atom is -0.491 e. The number of aliphatic hydroxyl groups is 1. The van der Waals surface area contributed by atoms with Gasteiger partial charge in [-0.3, -0.25) is 0 Å². The topological polar surface area (TPSA) is 66.8 Å². The molecule has 0 spiro atoms. The fourth-order valence-electron chi connectivity index (χ4n) is 1.74. The normalized spacial score (nSPS) is 13.4. The van der Waals surface area contributed by atoms with E-state index in [4.69, 9.17) is 9.84 Å². The molecule has 0 aliphatic carbocycles. The Kier molecular flexibility index (Phi) is 7.51. The first kappa shape index (κ1) is 18.3. The Morgan fingerprint density at radius 1 is 1.33 bits per heavy atom. The third kappa shape index (κ3) is 5.18. The van der Waals surface area contributed by atoms with Gasteiger partial charge in [0.2, 0.25) is 10.0 Å². The summed E-state index contributed by atoms with van der Waals surface area (Å²) in [5.41, 5.74) is 0. The van der Waals surface area contributed by atoms with E-state index in [0.29, 0.717) is 5.75 Å². The molecule has 1 rings (SSSR count). The minimum atomic E-state index is -3.49. The lowest BCUT2D eigenvalue weighted by Crippen LogP contribution is -2.35. The third-order valence-corrected chi connectivity index (χ3v) is 5.85. The van der Waals surface area contributed by atoms with Gasteiger partial charge in [-0.2, -0.15) is 16.1 Å². The molecule has 0 radical (unpaired) electrons. The highest BCUT2D eigenvalue weighted by Gasteiger charge is 2.24. The van der Waals surface area contributed by atoms with Crippen LogP contribution in [0.4, 0.5) is 0 Å². The number of aliphatic hydroxyl groups excluding tert-OH is 1. The molecule has 0 aliphatic rings. The molecular weight excluding hydrogens is 310 g/mol. The maximum Gasteiger partial charge on any atom is 0.243 e. The lowest BCUT2D eigenvalue weighted by Gasteiger charge is -2.24. The molecule has 0 amide bonds. The maximum atomic E-state index is 12.5. The fraction of sp³-hybridized carbons (Fsp3) is 0.571. The fourth-order valence-corrected chi connectivity index (χ4v) is 3.71. The van der Waals surface area contributed by atoms with E-state index in [0.717, 1.165) is 12.2 Å². The maximum absolute atomic E-state index is 12.5. The van der Waals surface area contributed by atoms with Crippen LogP contribution in [0.15, 0.2) is 29.2 Å². The second-order valence-electron chi connectivity index (χ2n) is 4.70. The molecule has 0 heterocycles. The van der Waals surface area contributed by atoms with Crippen molar-refractivity contribution < 1.29 is 18.3 Å². The summed E-state index contributed by atoms with van der Waals surface area (Å²) in [5, 5.41) is 8.69. The largest absolute Gasteiger partial charge is 0.491 e. The molecule has 1 aromatic carbocycles. The van der Waals surface area contributed by atoms with E-state index in [2.05, 4.69) is 0 Å². The van der Waals surface area contributed by atoms with Gasteiger partial charge in [-0.25, -0.2) is 8.42 Å². The molecule has 0 aliphatic heterocycles. The molecule has 0 saturated heterocycles. The number of hydrogen-bond acceptors (Lipinski definition) is 5. The van der Waals surface area contributed by atoms with Gasteiger partial charge in [0.25, 0.3) is 0 Å². The number of hydrogen-bond donors (Lipinski definition) is 1. The van der Waals surface area contributed by atoms with Gasteiger partial charge in [0.15, 0.2) is 0 Å². The smallest absolute Gasteiger partial charge is 0.243 e. The molecule has 1 N–H and O–H groups in total. The van der Waals surface area contributed by atoms with Crippen molar-refractivity contribution >= 4 is 21.8 Å². The monoisotopic (exact) mass is 333 g/mol. The van der Waals surface area contributed by atoms with Gasteiger partial charge in [0.05, 0.1) is 11.5 Å². The molecule has 21 heavy (non-hydrogen) atoms. The summed E-state index contributed by atoms with van der Waals surface area (Å²) in [6, 6.07) is 6.21. The molecule has 5 nitrogen and oxygen atoms in total. The molecule has 7 heteroatoms. The molecule has 1 atom stereocenters. The SMILES string of the molecule is CSCCC(C)N(C)S(=O)(=O)c1ccc(OCCO)cc1. The third-order valence-electron chi connectivity index (χ3n) is 3.22. The van der Waals surface area contributed by atoms with Crippen molar-refractivity contribution in [2.45, 2.75) is 24.3 Å². The van der Waals surface area contributed by atoms with E-state index in [9.17, 15) is 8.42 Å². The van der Waals surface area contributed by atoms with Crippen LogP contribution >= 0.6 is 11.8 Å². The second-order valence-corrected chi connectivity index (χ2v) is 7.68. The molecule has 120 valence electrons. The van der Waals surface area contributed by atoms with Crippen LogP contribution in [0.2, 0.25) is 0 Å². The number of nitrogens with zero attached hydrogens (tertiary/aromatic N) is 1.